The number of aryl methyl sites for hydroxylation is 3. The van der Waals surface area contributed by atoms with Crippen molar-refractivity contribution in [3.8, 4) is 0 Å². The van der Waals surface area contributed by atoms with E-state index in [1.807, 2.05) is 32.9 Å². The van der Waals surface area contributed by atoms with Crippen LogP contribution in [0.4, 0.5) is 5.69 Å². The van der Waals surface area contributed by atoms with Gasteiger partial charge in [0.15, 0.2) is 0 Å². The minimum atomic E-state index is -3.64. The van der Waals surface area contributed by atoms with Gasteiger partial charge < -0.3 is 5.32 Å². The predicted octanol–water partition coefficient (Wildman–Crippen LogP) is 4.69. The van der Waals surface area contributed by atoms with E-state index in [-0.39, 0.29) is 11.9 Å². The molecule has 0 radical (unpaired) electrons. The van der Waals surface area contributed by atoms with Crippen LogP contribution >= 0.6 is 0 Å². The third kappa shape index (κ3) is 5.48. The maximum atomic E-state index is 13.3. The standard InChI is InChI=1S/C25H34N2O3S/c1-5-23(21-15-14-19-11-7-8-12-20(19)17-21)26-25(28)24(6-2)27(31(4,29)30)22-13-9-10-18(3)16-22/h9-10,13-17,23-24H,5-8,11-12H2,1-4H3,(H,26,28)/t23-,24+/m1/s1. The Morgan fingerprint density at radius 2 is 1.74 bits per heavy atom. The highest BCUT2D eigenvalue weighted by Gasteiger charge is 2.32. The summed E-state index contributed by atoms with van der Waals surface area (Å²) in [6.07, 6.45) is 6.93. The van der Waals surface area contributed by atoms with Crippen LogP contribution in [0.25, 0.3) is 0 Å². The summed E-state index contributed by atoms with van der Waals surface area (Å²) in [6, 6.07) is 12.8. The highest BCUT2D eigenvalue weighted by molar-refractivity contribution is 7.92. The molecule has 0 aliphatic heterocycles. The highest BCUT2D eigenvalue weighted by atomic mass is 32.2. The summed E-state index contributed by atoms with van der Waals surface area (Å²) in [5, 5.41) is 3.13. The van der Waals surface area contributed by atoms with Crippen molar-refractivity contribution < 1.29 is 13.2 Å². The van der Waals surface area contributed by atoms with Crippen LogP contribution in [0.15, 0.2) is 42.5 Å². The molecule has 31 heavy (non-hydrogen) atoms. The average molecular weight is 443 g/mol. The second-order valence-electron chi connectivity index (χ2n) is 8.53. The quantitative estimate of drug-likeness (QED) is 0.645. The minimum absolute atomic E-state index is 0.146. The van der Waals surface area contributed by atoms with Gasteiger partial charge in [-0.1, -0.05) is 44.2 Å². The molecule has 1 N–H and O–H groups in total. The molecular formula is C25H34N2O3S. The average Bonchev–Trinajstić information content (AvgIpc) is 2.74. The zero-order chi connectivity index (χ0) is 22.6. The molecule has 3 rings (SSSR count). The number of benzene rings is 2. The lowest BCUT2D eigenvalue weighted by molar-refractivity contribution is -0.123. The van der Waals surface area contributed by atoms with Gasteiger partial charge in [-0.25, -0.2) is 8.42 Å². The minimum Gasteiger partial charge on any atom is -0.347 e. The Hall–Kier alpha value is -2.34. The molecule has 6 heteroatoms. The van der Waals surface area contributed by atoms with Crippen molar-refractivity contribution in [3.63, 3.8) is 0 Å². The van der Waals surface area contributed by atoms with Gasteiger partial charge in [0.25, 0.3) is 0 Å². The normalized spacial score (nSPS) is 15.6. The van der Waals surface area contributed by atoms with E-state index in [4.69, 9.17) is 0 Å². The first kappa shape index (κ1) is 23.3. The second kappa shape index (κ2) is 9.86. The lowest BCUT2D eigenvalue weighted by atomic mass is 9.88. The van der Waals surface area contributed by atoms with E-state index in [0.29, 0.717) is 12.1 Å². The van der Waals surface area contributed by atoms with Crippen molar-refractivity contribution in [1.82, 2.24) is 5.32 Å². The van der Waals surface area contributed by atoms with Gasteiger partial charge in [0.2, 0.25) is 15.9 Å². The number of hydrogen-bond acceptors (Lipinski definition) is 3. The topological polar surface area (TPSA) is 66.5 Å². The molecule has 1 amide bonds. The molecule has 1 aliphatic carbocycles. The second-order valence-corrected chi connectivity index (χ2v) is 10.4. The van der Waals surface area contributed by atoms with Crippen LogP contribution in [0.1, 0.15) is 67.8 Å². The number of nitrogens with one attached hydrogen (secondary N) is 1. The first-order chi connectivity index (χ1) is 14.7. The zero-order valence-electron chi connectivity index (χ0n) is 19.0. The third-order valence-electron chi connectivity index (χ3n) is 6.09. The molecule has 2 aromatic carbocycles. The Labute approximate surface area is 186 Å². The van der Waals surface area contributed by atoms with Crippen LogP contribution < -0.4 is 9.62 Å². The van der Waals surface area contributed by atoms with Crippen LogP contribution in [0.5, 0.6) is 0 Å². The number of sulfonamides is 1. The molecule has 0 fully saturated rings. The molecule has 0 bridgehead atoms. The number of nitrogens with zero attached hydrogens (tertiary/aromatic N) is 1. The molecular weight excluding hydrogens is 408 g/mol. The van der Waals surface area contributed by atoms with E-state index in [1.54, 1.807) is 12.1 Å². The van der Waals surface area contributed by atoms with E-state index in [0.717, 1.165) is 36.6 Å². The SMILES string of the molecule is CC[C@@H](NC(=O)[C@H](CC)N(c1cccc(C)c1)S(C)(=O)=O)c1ccc2c(c1)CCCC2. The molecule has 0 heterocycles. The van der Waals surface area contributed by atoms with Crippen molar-refractivity contribution in [1.29, 1.82) is 0 Å². The fraction of sp³-hybridized carbons (Fsp3) is 0.480. The molecule has 0 spiro atoms. The van der Waals surface area contributed by atoms with Crippen LogP contribution in [0, 0.1) is 6.92 Å². The molecule has 2 atom stereocenters. The van der Waals surface area contributed by atoms with E-state index < -0.39 is 16.1 Å². The third-order valence-corrected chi connectivity index (χ3v) is 7.27. The van der Waals surface area contributed by atoms with Crippen LogP contribution in [-0.2, 0) is 27.7 Å². The maximum absolute atomic E-state index is 13.3. The Morgan fingerprint density at radius 1 is 1.03 bits per heavy atom. The molecule has 1 aliphatic rings. The largest absolute Gasteiger partial charge is 0.347 e. The number of carbonyl (C=O) groups excluding carboxylic acids is 1. The Bertz CT molecular complexity index is 1030. The van der Waals surface area contributed by atoms with Crippen LogP contribution in [0.2, 0.25) is 0 Å². The number of carbonyl (C=O) groups is 1. The van der Waals surface area contributed by atoms with E-state index >= 15 is 0 Å². The van der Waals surface area contributed by atoms with E-state index in [1.165, 1.54) is 28.3 Å². The van der Waals surface area contributed by atoms with Gasteiger partial charge in [0.05, 0.1) is 18.0 Å². The molecule has 0 saturated heterocycles. The van der Waals surface area contributed by atoms with Crippen molar-refractivity contribution in [2.45, 2.75) is 71.4 Å². The smallest absolute Gasteiger partial charge is 0.244 e. The number of hydrogen-bond donors (Lipinski definition) is 1. The first-order valence-electron chi connectivity index (χ1n) is 11.2. The van der Waals surface area contributed by atoms with Gasteiger partial charge in [-0.05, 0) is 79.8 Å². The number of amides is 1. The predicted molar refractivity (Wildman–Crippen MR) is 127 cm³/mol. The molecule has 0 saturated carbocycles. The Balaban J connectivity index is 1.87. The molecule has 0 unspecified atom stereocenters. The maximum Gasteiger partial charge on any atom is 0.244 e. The number of rotatable bonds is 8. The van der Waals surface area contributed by atoms with Gasteiger partial charge in [-0.2, -0.15) is 0 Å². The van der Waals surface area contributed by atoms with Gasteiger partial charge in [-0.15, -0.1) is 0 Å². The fourth-order valence-corrected chi connectivity index (χ4v) is 5.69. The number of fused-ring (bicyclic) bond motifs is 1. The monoisotopic (exact) mass is 442 g/mol. The number of anilines is 1. The van der Waals surface area contributed by atoms with Gasteiger partial charge in [-0.3, -0.25) is 9.10 Å². The lowest BCUT2D eigenvalue weighted by Crippen LogP contribution is -2.50. The van der Waals surface area contributed by atoms with Crippen molar-refractivity contribution in [2.75, 3.05) is 10.6 Å². The summed E-state index contributed by atoms with van der Waals surface area (Å²) in [5.41, 5.74) is 5.34. The molecule has 2 aromatic rings. The van der Waals surface area contributed by atoms with Crippen molar-refractivity contribution >= 4 is 21.6 Å². The van der Waals surface area contributed by atoms with Gasteiger partial charge >= 0.3 is 0 Å². The van der Waals surface area contributed by atoms with Crippen LogP contribution in [-0.4, -0.2) is 26.6 Å². The lowest BCUT2D eigenvalue weighted by Gasteiger charge is -2.32. The highest BCUT2D eigenvalue weighted by Crippen LogP contribution is 2.27. The van der Waals surface area contributed by atoms with E-state index in [2.05, 4.69) is 23.5 Å². The molecule has 0 aromatic heterocycles. The summed E-state index contributed by atoms with van der Waals surface area (Å²) >= 11 is 0. The zero-order valence-corrected chi connectivity index (χ0v) is 19.8. The summed E-state index contributed by atoms with van der Waals surface area (Å²) in [4.78, 5) is 13.3. The summed E-state index contributed by atoms with van der Waals surface area (Å²) < 4.78 is 26.6. The van der Waals surface area contributed by atoms with Gasteiger partial charge in [0, 0.05) is 0 Å². The van der Waals surface area contributed by atoms with Crippen LogP contribution in [0.3, 0.4) is 0 Å². The molecule has 5 nitrogen and oxygen atoms in total. The summed E-state index contributed by atoms with van der Waals surface area (Å²) in [6.45, 7) is 5.80. The van der Waals surface area contributed by atoms with E-state index in [9.17, 15) is 13.2 Å². The van der Waals surface area contributed by atoms with Crippen molar-refractivity contribution in [2.24, 2.45) is 0 Å². The first-order valence-corrected chi connectivity index (χ1v) is 13.1. The summed E-state index contributed by atoms with van der Waals surface area (Å²) in [5.74, 6) is -0.265. The van der Waals surface area contributed by atoms with Crippen molar-refractivity contribution in [3.05, 3.63) is 64.7 Å². The molecule has 168 valence electrons. The van der Waals surface area contributed by atoms with Gasteiger partial charge in [0.1, 0.15) is 6.04 Å². The summed E-state index contributed by atoms with van der Waals surface area (Å²) in [7, 11) is -3.64. The fourth-order valence-electron chi connectivity index (χ4n) is 4.48. The Morgan fingerprint density at radius 3 is 2.35 bits per heavy atom. The Kier molecular flexibility index (Phi) is 7.42.